The molecular weight excluding hydrogens is 640 g/mol. The van der Waals surface area contributed by atoms with Crippen LogP contribution >= 0.6 is 0 Å². The predicted molar refractivity (Wildman–Crippen MR) is 185 cm³/mol. The van der Waals surface area contributed by atoms with Gasteiger partial charge in [0.05, 0.1) is 22.3 Å². The summed E-state index contributed by atoms with van der Waals surface area (Å²) < 4.78 is 16.1. The van der Waals surface area contributed by atoms with Crippen molar-refractivity contribution in [1.29, 1.82) is 0 Å². The van der Waals surface area contributed by atoms with E-state index in [0.717, 1.165) is 11.1 Å². The fourth-order valence-corrected chi connectivity index (χ4v) is 4.90. The average Bonchev–Trinajstić information content (AvgIpc) is 3.12. The molecule has 5 aromatic rings. The number of benzene rings is 5. The minimum Gasteiger partial charge on any atom is -0.490 e. The summed E-state index contributed by atoms with van der Waals surface area (Å²) in [5, 5.41) is 24.7. The number of amides is 2. The first-order valence-electron chi connectivity index (χ1n) is 15.2. The fraction of sp³-hybridized carbons (Fsp3) is 0.0769. The van der Waals surface area contributed by atoms with Crippen LogP contribution in [0.1, 0.15) is 52.6 Å². The highest BCUT2D eigenvalue weighted by Crippen LogP contribution is 2.23. The molecule has 0 bridgehead atoms. The van der Waals surface area contributed by atoms with Crippen molar-refractivity contribution in [3.8, 4) is 29.8 Å². The number of carboxylic acids is 2. The molecule has 0 aliphatic carbocycles. The number of hydrogen-bond acceptors (Lipinski definition) is 7. The van der Waals surface area contributed by atoms with Gasteiger partial charge in [0, 0.05) is 11.4 Å². The second kappa shape index (κ2) is 16.2. The molecule has 11 heteroatoms. The van der Waals surface area contributed by atoms with Crippen LogP contribution in [0.5, 0.6) is 17.2 Å². The molecule has 0 atom stereocenters. The summed E-state index contributed by atoms with van der Waals surface area (Å²) in [5.74, 6) is -2.64. The third kappa shape index (κ3) is 9.05. The summed E-state index contributed by atoms with van der Waals surface area (Å²) in [7, 11) is 0. The number of carbonyl (C=O) groups excluding carboxylic acids is 2. The number of para-hydroxylation sites is 1. The van der Waals surface area contributed by atoms with Crippen LogP contribution in [0.4, 0.5) is 11.4 Å². The van der Waals surface area contributed by atoms with E-state index in [2.05, 4.69) is 10.6 Å². The average molecular weight is 671 g/mol. The number of carboxylic acid groups (broad SMARTS) is 2. The van der Waals surface area contributed by atoms with Crippen LogP contribution in [-0.4, -0.2) is 47.2 Å². The molecule has 0 radical (unpaired) electrons. The maximum absolute atomic E-state index is 13.0. The maximum Gasteiger partial charge on any atom is 0.336 e. The van der Waals surface area contributed by atoms with Crippen molar-refractivity contribution in [3.63, 3.8) is 0 Å². The highest BCUT2D eigenvalue weighted by atomic mass is 16.5. The number of terminal acetylenes is 1. The molecule has 0 aromatic heterocycles. The lowest BCUT2D eigenvalue weighted by molar-refractivity contribution is 0.0683. The lowest BCUT2D eigenvalue weighted by atomic mass is 10.0. The highest BCUT2D eigenvalue weighted by molar-refractivity contribution is 6.11. The second-order valence-electron chi connectivity index (χ2n) is 10.7. The Hall–Kier alpha value is -7.06. The monoisotopic (exact) mass is 670 g/mol. The minimum absolute atomic E-state index is 0.0178. The predicted octanol–water partition coefficient (Wildman–Crippen LogP) is 6.61. The van der Waals surface area contributed by atoms with Gasteiger partial charge in [-0.25, -0.2) is 9.59 Å². The number of rotatable bonds is 14. The summed E-state index contributed by atoms with van der Waals surface area (Å²) in [6, 6.07) is 31.5. The maximum atomic E-state index is 13.0. The summed E-state index contributed by atoms with van der Waals surface area (Å²) in [6.45, 7) is 0.439. The van der Waals surface area contributed by atoms with Crippen molar-refractivity contribution >= 4 is 35.1 Å². The molecule has 0 heterocycles. The van der Waals surface area contributed by atoms with Crippen LogP contribution in [-0.2, 0) is 6.42 Å². The van der Waals surface area contributed by atoms with Gasteiger partial charge in [-0.2, -0.15) is 0 Å². The standard InChI is InChI=1S/C39H30N2O9/c1-2-48-30-16-18-32(34(23-30)38(44)45)36(42)40-27-12-8-25(9-13-27)22-26-10-14-28(15-11-26)41-37(43)33-19-17-31(24-35(33)39(46)47)50-21-20-49-29-6-4-3-5-7-29/h1,3-19,23-24H,20-22H2,(H,40,42)(H,41,43)(H,44,45)(H,46,47). The first kappa shape index (κ1) is 34.3. The molecule has 5 rings (SSSR count). The number of ether oxygens (including phenoxy) is 3. The molecule has 0 fully saturated rings. The topological polar surface area (TPSA) is 160 Å². The summed E-state index contributed by atoms with van der Waals surface area (Å²) in [6.07, 6.45) is 7.60. The van der Waals surface area contributed by atoms with E-state index < -0.39 is 23.8 Å². The minimum atomic E-state index is -1.30. The van der Waals surface area contributed by atoms with Gasteiger partial charge in [-0.3, -0.25) is 9.59 Å². The molecule has 4 N–H and O–H groups in total. The summed E-state index contributed by atoms with van der Waals surface area (Å²) in [4.78, 5) is 49.5. The van der Waals surface area contributed by atoms with E-state index in [1.807, 2.05) is 60.7 Å². The summed E-state index contributed by atoms with van der Waals surface area (Å²) in [5.41, 5.74) is 2.29. The normalized spacial score (nSPS) is 10.3. The first-order valence-corrected chi connectivity index (χ1v) is 15.2. The van der Waals surface area contributed by atoms with E-state index in [1.165, 1.54) is 36.4 Å². The van der Waals surface area contributed by atoms with E-state index in [9.17, 15) is 29.4 Å². The fourth-order valence-electron chi connectivity index (χ4n) is 4.90. The molecule has 0 unspecified atom stereocenters. The van der Waals surface area contributed by atoms with E-state index in [1.54, 1.807) is 24.3 Å². The van der Waals surface area contributed by atoms with Crippen molar-refractivity contribution in [2.75, 3.05) is 23.8 Å². The smallest absolute Gasteiger partial charge is 0.336 e. The molecule has 0 saturated heterocycles. The number of anilines is 2. The Balaban J connectivity index is 1.15. The molecule has 0 aliphatic heterocycles. The number of carbonyl (C=O) groups is 4. The van der Waals surface area contributed by atoms with Crippen LogP contribution in [0, 0.1) is 12.5 Å². The van der Waals surface area contributed by atoms with Crippen LogP contribution in [0.25, 0.3) is 0 Å². The zero-order valence-corrected chi connectivity index (χ0v) is 26.4. The van der Waals surface area contributed by atoms with Crippen LogP contribution in [0.15, 0.2) is 115 Å². The van der Waals surface area contributed by atoms with Gasteiger partial charge in [0.15, 0.2) is 0 Å². The SMILES string of the molecule is C#COc1ccc(C(=O)Nc2ccc(Cc3ccc(NC(=O)c4ccc(OCCOc5ccccc5)cc4C(=O)O)cc3)cc2)c(C(=O)O)c1. The number of hydrogen-bond donors (Lipinski definition) is 4. The highest BCUT2D eigenvalue weighted by Gasteiger charge is 2.19. The second-order valence-corrected chi connectivity index (χ2v) is 10.7. The van der Waals surface area contributed by atoms with Gasteiger partial charge in [-0.1, -0.05) is 48.9 Å². The molecule has 0 saturated carbocycles. The van der Waals surface area contributed by atoms with Gasteiger partial charge in [-0.05, 0) is 90.3 Å². The Labute approximate surface area is 287 Å². The zero-order chi connectivity index (χ0) is 35.5. The van der Waals surface area contributed by atoms with Gasteiger partial charge in [0.1, 0.15) is 36.6 Å². The van der Waals surface area contributed by atoms with Gasteiger partial charge in [0.25, 0.3) is 11.8 Å². The molecule has 2 amide bonds. The Morgan fingerprint density at radius 2 is 1.02 bits per heavy atom. The van der Waals surface area contributed by atoms with Crippen LogP contribution < -0.4 is 24.8 Å². The van der Waals surface area contributed by atoms with Gasteiger partial charge >= 0.3 is 11.9 Å². The van der Waals surface area contributed by atoms with Crippen LogP contribution in [0.3, 0.4) is 0 Å². The van der Waals surface area contributed by atoms with Crippen LogP contribution in [0.2, 0.25) is 0 Å². The molecule has 250 valence electrons. The van der Waals surface area contributed by atoms with Crippen molar-refractivity contribution in [3.05, 3.63) is 149 Å². The molecular formula is C39H30N2O9. The van der Waals surface area contributed by atoms with E-state index in [4.69, 9.17) is 20.6 Å². The van der Waals surface area contributed by atoms with Gasteiger partial charge in [-0.15, -0.1) is 0 Å². The molecule has 0 spiro atoms. The lowest BCUT2D eigenvalue weighted by Crippen LogP contribution is -2.17. The number of nitrogens with one attached hydrogen (secondary N) is 2. The third-order valence-corrected chi connectivity index (χ3v) is 7.30. The Kier molecular flexibility index (Phi) is 11.1. The number of aromatic carboxylic acids is 2. The van der Waals surface area contributed by atoms with Crippen molar-refractivity contribution in [2.45, 2.75) is 6.42 Å². The Morgan fingerprint density at radius 3 is 1.50 bits per heavy atom. The van der Waals surface area contributed by atoms with Gasteiger partial charge < -0.3 is 35.1 Å². The Morgan fingerprint density at radius 1 is 0.560 bits per heavy atom. The van der Waals surface area contributed by atoms with E-state index in [-0.39, 0.29) is 41.2 Å². The third-order valence-electron chi connectivity index (χ3n) is 7.30. The van der Waals surface area contributed by atoms with Gasteiger partial charge in [0.2, 0.25) is 0 Å². The Bertz CT molecular complexity index is 2050. The zero-order valence-electron chi connectivity index (χ0n) is 26.4. The first-order chi connectivity index (χ1) is 24.2. The van der Waals surface area contributed by atoms with E-state index in [0.29, 0.717) is 29.3 Å². The molecule has 0 aliphatic rings. The molecule has 50 heavy (non-hydrogen) atoms. The quantitative estimate of drug-likeness (QED) is 0.0753. The van der Waals surface area contributed by atoms with Crippen molar-refractivity contribution in [1.82, 2.24) is 0 Å². The lowest BCUT2D eigenvalue weighted by Gasteiger charge is -2.12. The van der Waals surface area contributed by atoms with Crippen molar-refractivity contribution < 1.29 is 43.6 Å². The molecule has 5 aromatic carbocycles. The van der Waals surface area contributed by atoms with Crippen molar-refractivity contribution in [2.24, 2.45) is 0 Å². The van der Waals surface area contributed by atoms with E-state index >= 15 is 0 Å². The molecule has 11 nitrogen and oxygen atoms in total. The summed E-state index contributed by atoms with van der Waals surface area (Å²) >= 11 is 0. The largest absolute Gasteiger partial charge is 0.490 e.